The number of methoxy groups -OCH3 is 1. The van der Waals surface area contributed by atoms with E-state index in [1.807, 2.05) is 0 Å². The fourth-order valence-corrected chi connectivity index (χ4v) is 1.84. The Labute approximate surface area is 106 Å². The molecule has 0 aromatic carbocycles. The van der Waals surface area contributed by atoms with Crippen molar-refractivity contribution in [3.8, 4) is 0 Å². The predicted molar refractivity (Wildman–Crippen MR) is 62.7 cm³/mol. The number of ether oxygens (including phenoxy) is 3. The van der Waals surface area contributed by atoms with Gasteiger partial charge in [-0.15, -0.1) is 0 Å². The molecule has 0 aromatic rings. The van der Waals surface area contributed by atoms with Crippen molar-refractivity contribution in [1.29, 1.82) is 0 Å². The molecule has 0 saturated carbocycles. The first-order valence-corrected chi connectivity index (χ1v) is 6.01. The number of nitrogens with two attached hydrogens (primary N) is 1. The van der Waals surface area contributed by atoms with E-state index in [2.05, 4.69) is 0 Å². The monoisotopic (exact) mass is 265 g/mol. The van der Waals surface area contributed by atoms with Crippen LogP contribution in [0, 0.1) is 5.92 Å². The molecule has 108 valence electrons. The molecule has 0 spiro atoms. The van der Waals surface area contributed by atoms with Gasteiger partial charge in [0, 0.05) is 19.6 Å². The highest BCUT2D eigenvalue weighted by Crippen LogP contribution is 2.26. The van der Waals surface area contributed by atoms with Crippen LogP contribution in [0.5, 0.6) is 0 Å². The van der Waals surface area contributed by atoms with Gasteiger partial charge in [-0.25, -0.2) is 0 Å². The summed E-state index contributed by atoms with van der Waals surface area (Å²) < 4.78 is 15.7. The second kappa shape index (κ2) is 7.34. The van der Waals surface area contributed by atoms with Gasteiger partial charge in [-0.1, -0.05) is 6.92 Å². The molecule has 1 aliphatic heterocycles. The van der Waals surface area contributed by atoms with E-state index in [0.717, 1.165) is 0 Å². The van der Waals surface area contributed by atoms with Crippen molar-refractivity contribution in [2.24, 2.45) is 11.7 Å². The van der Waals surface area contributed by atoms with Gasteiger partial charge in [0.1, 0.15) is 6.10 Å². The molecule has 0 aliphatic carbocycles. The van der Waals surface area contributed by atoms with E-state index >= 15 is 0 Å². The molecule has 1 rings (SSSR count). The van der Waals surface area contributed by atoms with Crippen LogP contribution in [0.3, 0.4) is 0 Å². The fourth-order valence-electron chi connectivity index (χ4n) is 1.84. The van der Waals surface area contributed by atoms with Crippen LogP contribution in [0.4, 0.5) is 0 Å². The van der Waals surface area contributed by atoms with Crippen molar-refractivity contribution >= 4 is 0 Å². The highest BCUT2D eigenvalue weighted by molar-refractivity contribution is 4.86. The first kappa shape index (κ1) is 15.8. The summed E-state index contributed by atoms with van der Waals surface area (Å²) in [4.78, 5) is 0. The third-order valence-corrected chi connectivity index (χ3v) is 3.16. The predicted octanol–water partition coefficient (Wildman–Crippen LogP) is -1.95. The van der Waals surface area contributed by atoms with Gasteiger partial charge in [-0.2, -0.15) is 0 Å². The topological polar surface area (TPSA) is 114 Å². The molecule has 1 saturated heterocycles. The van der Waals surface area contributed by atoms with E-state index in [0.29, 0.717) is 0 Å². The molecular formula is C11H23NO6. The summed E-state index contributed by atoms with van der Waals surface area (Å²) in [6.45, 7) is 2.19. The molecule has 0 aromatic heterocycles. The zero-order valence-electron chi connectivity index (χ0n) is 10.7. The minimum atomic E-state index is -1.07. The van der Waals surface area contributed by atoms with Crippen LogP contribution < -0.4 is 5.73 Å². The summed E-state index contributed by atoms with van der Waals surface area (Å²) in [7, 11) is 1.40. The largest absolute Gasteiger partial charge is 0.390 e. The van der Waals surface area contributed by atoms with Crippen molar-refractivity contribution in [2.75, 3.05) is 26.9 Å². The number of rotatable bonds is 6. The SMILES string of the molecule is COC1OC(COCC(O)CN)C(C)C(O)C1O. The Morgan fingerprint density at radius 2 is 2.00 bits per heavy atom. The van der Waals surface area contributed by atoms with Crippen LogP contribution in [0.2, 0.25) is 0 Å². The highest BCUT2D eigenvalue weighted by Gasteiger charge is 2.42. The zero-order valence-corrected chi connectivity index (χ0v) is 10.7. The molecule has 7 heteroatoms. The normalized spacial score (nSPS) is 38.7. The number of aliphatic hydroxyl groups excluding tert-OH is 3. The van der Waals surface area contributed by atoms with Gasteiger partial charge in [0.25, 0.3) is 0 Å². The second-order valence-corrected chi connectivity index (χ2v) is 4.55. The van der Waals surface area contributed by atoms with E-state index in [-0.39, 0.29) is 25.7 Å². The quantitative estimate of drug-likeness (QED) is 0.441. The van der Waals surface area contributed by atoms with Crippen molar-refractivity contribution in [1.82, 2.24) is 0 Å². The molecular weight excluding hydrogens is 242 g/mol. The lowest BCUT2D eigenvalue weighted by Crippen LogP contribution is -2.55. The Kier molecular flexibility index (Phi) is 6.44. The molecule has 0 bridgehead atoms. The van der Waals surface area contributed by atoms with Crippen molar-refractivity contribution in [3.63, 3.8) is 0 Å². The van der Waals surface area contributed by atoms with E-state index in [9.17, 15) is 15.3 Å². The third-order valence-electron chi connectivity index (χ3n) is 3.16. The minimum absolute atomic E-state index is 0.110. The van der Waals surface area contributed by atoms with Crippen molar-refractivity contribution in [3.05, 3.63) is 0 Å². The maximum Gasteiger partial charge on any atom is 0.186 e. The van der Waals surface area contributed by atoms with E-state index in [1.54, 1.807) is 6.92 Å². The average Bonchev–Trinajstić information content (AvgIpc) is 2.38. The zero-order chi connectivity index (χ0) is 13.7. The first-order valence-electron chi connectivity index (χ1n) is 6.01. The van der Waals surface area contributed by atoms with E-state index in [1.165, 1.54) is 7.11 Å². The molecule has 18 heavy (non-hydrogen) atoms. The summed E-state index contributed by atoms with van der Waals surface area (Å²) in [5.74, 6) is -0.290. The molecule has 1 aliphatic rings. The first-order chi connectivity index (χ1) is 8.51. The fraction of sp³-hybridized carbons (Fsp3) is 1.00. The summed E-state index contributed by atoms with van der Waals surface area (Å²) >= 11 is 0. The van der Waals surface area contributed by atoms with Crippen molar-refractivity contribution < 1.29 is 29.5 Å². The standard InChI is InChI=1S/C11H23NO6/c1-6-8(5-17-4-7(13)3-12)18-11(16-2)10(15)9(6)14/h6-11,13-15H,3-5,12H2,1-2H3. The maximum absolute atomic E-state index is 9.84. The van der Waals surface area contributed by atoms with Crippen LogP contribution in [-0.2, 0) is 14.2 Å². The smallest absolute Gasteiger partial charge is 0.186 e. The van der Waals surface area contributed by atoms with E-state index in [4.69, 9.17) is 19.9 Å². The molecule has 5 N–H and O–H groups in total. The van der Waals surface area contributed by atoms with Crippen LogP contribution >= 0.6 is 0 Å². The van der Waals surface area contributed by atoms with Crippen LogP contribution in [0.1, 0.15) is 6.92 Å². The maximum atomic E-state index is 9.84. The summed E-state index contributed by atoms with van der Waals surface area (Å²) in [5.41, 5.74) is 5.25. The summed E-state index contributed by atoms with van der Waals surface area (Å²) in [5, 5.41) is 28.8. The number of hydrogen-bond donors (Lipinski definition) is 4. The summed E-state index contributed by atoms with van der Waals surface area (Å²) in [6.07, 6.45) is -3.99. The van der Waals surface area contributed by atoms with Gasteiger partial charge >= 0.3 is 0 Å². The van der Waals surface area contributed by atoms with Crippen molar-refractivity contribution in [2.45, 2.75) is 37.6 Å². The van der Waals surface area contributed by atoms with Gasteiger partial charge < -0.3 is 35.3 Å². The Hall–Kier alpha value is -0.280. The Balaban J connectivity index is 2.44. The lowest BCUT2D eigenvalue weighted by molar-refractivity contribution is -0.282. The second-order valence-electron chi connectivity index (χ2n) is 4.55. The van der Waals surface area contributed by atoms with E-state index < -0.39 is 30.7 Å². The Morgan fingerprint density at radius 3 is 2.56 bits per heavy atom. The van der Waals surface area contributed by atoms with Crippen LogP contribution in [0.25, 0.3) is 0 Å². The molecule has 7 nitrogen and oxygen atoms in total. The van der Waals surface area contributed by atoms with Gasteiger partial charge in [0.2, 0.25) is 0 Å². The Morgan fingerprint density at radius 1 is 1.33 bits per heavy atom. The lowest BCUT2D eigenvalue weighted by Gasteiger charge is -2.40. The number of aliphatic hydroxyl groups is 3. The molecule has 6 atom stereocenters. The summed E-state index contributed by atoms with van der Waals surface area (Å²) in [6, 6.07) is 0. The molecule has 0 amide bonds. The molecule has 1 fully saturated rings. The number of hydrogen-bond acceptors (Lipinski definition) is 7. The van der Waals surface area contributed by atoms with Gasteiger partial charge in [-0.3, -0.25) is 0 Å². The molecule has 1 heterocycles. The van der Waals surface area contributed by atoms with Crippen LogP contribution in [-0.4, -0.2) is 72.9 Å². The highest BCUT2D eigenvalue weighted by atomic mass is 16.7. The third kappa shape index (κ3) is 3.86. The lowest BCUT2D eigenvalue weighted by atomic mass is 9.91. The minimum Gasteiger partial charge on any atom is -0.390 e. The van der Waals surface area contributed by atoms with Gasteiger partial charge in [0.05, 0.1) is 31.5 Å². The molecule has 0 radical (unpaired) electrons. The Bertz CT molecular complexity index is 240. The average molecular weight is 265 g/mol. The van der Waals surface area contributed by atoms with Crippen LogP contribution in [0.15, 0.2) is 0 Å². The molecule has 6 unspecified atom stereocenters. The van der Waals surface area contributed by atoms with Gasteiger partial charge in [0.15, 0.2) is 6.29 Å². The van der Waals surface area contributed by atoms with Gasteiger partial charge in [-0.05, 0) is 0 Å².